The second-order valence-electron chi connectivity index (χ2n) is 5.86. The van der Waals surface area contributed by atoms with Gasteiger partial charge in [-0.3, -0.25) is 0 Å². The number of hydrogen-bond donors (Lipinski definition) is 0. The quantitative estimate of drug-likeness (QED) is 0.526. The van der Waals surface area contributed by atoms with Gasteiger partial charge in [-0.25, -0.2) is 13.4 Å². The van der Waals surface area contributed by atoms with E-state index in [9.17, 15) is 8.42 Å². The van der Waals surface area contributed by atoms with Gasteiger partial charge in [0.1, 0.15) is 4.90 Å². The standard InChI is InChI=1S/C16H26BrN3O5S/c1-4-19-6-8-20(9-7-19)26(21,22)13-11-14(17)16(18-12-13)25-15(24-3)5-10-23-2/h11-12,15H,4-10H2,1-3H3. The van der Waals surface area contributed by atoms with E-state index in [-0.39, 0.29) is 10.8 Å². The Hall–Kier alpha value is -0.780. The number of piperazine rings is 1. The minimum atomic E-state index is -3.57. The van der Waals surface area contributed by atoms with Crippen LogP contribution in [0.1, 0.15) is 13.3 Å². The number of rotatable bonds is 9. The summed E-state index contributed by atoms with van der Waals surface area (Å²) in [6.45, 7) is 5.91. The van der Waals surface area contributed by atoms with Crippen molar-refractivity contribution in [1.82, 2.24) is 14.2 Å². The van der Waals surface area contributed by atoms with Gasteiger partial charge in [0.25, 0.3) is 0 Å². The van der Waals surface area contributed by atoms with Gasteiger partial charge < -0.3 is 19.1 Å². The second kappa shape index (κ2) is 9.95. The maximum atomic E-state index is 12.8. The molecular formula is C16H26BrN3O5S. The summed E-state index contributed by atoms with van der Waals surface area (Å²) in [6.07, 6.45) is 1.33. The summed E-state index contributed by atoms with van der Waals surface area (Å²) < 4.78 is 43.5. The summed E-state index contributed by atoms with van der Waals surface area (Å²) in [6, 6.07) is 1.52. The lowest BCUT2D eigenvalue weighted by molar-refractivity contribution is -0.0713. The Morgan fingerprint density at radius 3 is 2.50 bits per heavy atom. The lowest BCUT2D eigenvalue weighted by Crippen LogP contribution is -2.48. The molecule has 2 heterocycles. The van der Waals surface area contributed by atoms with E-state index in [1.807, 2.05) is 0 Å². The first-order valence-electron chi connectivity index (χ1n) is 8.48. The van der Waals surface area contributed by atoms with Gasteiger partial charge in [0, 0.05) is 46.8 Å². The molecule has 0 radical (unpaired) electrons. The first-order valence-corrected chi connectivity index (χ1v) is 10.7. The molecule has 1 atom stereocenters. The predicted octanol–water partition coefficient (Wildman–Crippen LogP) is 1.56. The molecule has 148 valence electrons. The van der Waals surface area contributed by atoms with Crippen molar-refractivity contribution in [2.45, 2.75) is 24.5 Å². The molecule has 1 unspecified atom stereocenters. The fraction of sp³-hybridized carbons (Fsp3) is 0.688. The molecule has 0 aromatic carbocycles. The number of aromatic nitrogens is 1. The molecule has 1 fully saturated rings. The summed E-state index contributed by atoms with van der Waals surface area (Å²) in [7, 11) is -0.445. The van der Waals surface area contributed by atoms with Gasteiger partial charge in [0.05, 0.1) is 17.3 Å². The highest BCUT2D eigenvalue weighted by atomic mass is 79.9. The first-order chi connectivity index (χ1) is 12.4. The Morgan fingerprint density at radius 1 is 1.27 bits per heavy atom. The van der Waals surface area contributed by atoms with Crippen LogP contribution in [0.25, 0.3) is 0 Å². The van der Waals surface area contributed by atoms with Crippen LogP contribution in [0.4, 0.5) is 0 Å². The maximum Gasteiger partial charge on any atom is 0.244 e. The van der Waals surface area contributed by atoms with Crippen LogP contribution < -0.4 is 4.74 Å². The maximum absolute atomic E-state index is 12.8. The van der Waals surface area contributed by atoms with Crippen molar-refractivity contribution in [3.63, 3.8) is 0 Å². The monoisotopic (exact) mass is 451 g/mol. The number of ether oxygens (including phenoxy) is 3. The van der Waals surface area contributed by atoms with Gasteiger partial charge in [-0.05, 0) is 28.5 Å². The Bertz CT molecular complexity index is 680. The van der Waals surface area contributed by atoms with Crippen LogP contribution in [-0.2, 0) is 19.5 Å². The van der Waals surface area contributed by atoms with E-state index < -0.39 is 16.3 Å². The molecule has 10 heteroatoms. The minimum Gasteiger partial charge on any atom is -0.447 e. The molecule has 1 aliphatic rings. The van der Waals surface area contributed by atoms with Crippen LogP contribution in [0.15, 0.2) is 21.6 Å². The van der Waals surface area contributed by atoms with Crippen molar-refractivity contribution in [3.8, 4) is 5.88 Å². The van der Waals surface area contributed by atoms with Crippen molar-refractivity contribution in [2.24, 2.45) is 0 Å². The number of sulfonamides is 1. The van der Waals surface area contributed by atoms with Crippen LogP contribution in [0.2, 0.25) is 0 Å². The van der Waals surface area contributed by atoms with Crippen molar-refractivity contribution in [1.29, 1.82) is 0 Å². The van der Waals surface area contributed by atoms with Gasteiger partial charge in [-0.15, -0.1) is 0 Å². The lowest BCUT2D eigenvalue weighted by Gasteiger charge is -2.33. The average Bonchev–Trinajstić information content (AvgIpc) is 2.66. The van der Waals surface area contributed by atoms with E-state index in [0.717, 1.165) is 19.6 Å². The van der Waals surface area contributed by atoms with Crippen LogP contribution in [0, 0.1) is 0 Å². The van der Waals surface area contributed by atoms with Crippen LogP contribution in [-0.4, -0.2) is 82.4 Å². The van der Waals surface area contributed by atoms with Crippen molar-refractivity contribution < 1.29 is 22.6 Å². The molecule has 0 amide bonds. The molecule has 0 bridgehead atoms. The normalized spacial score (nSPS) is 18.0. The van der Waals surface area contributed by atoms with Crippen molar-refractivity contribution >= 4 is 26.0 Å². The fourth-order valence-electron chi connectivity index (χ4n) is 2.63. The van der Waals surface area contributed by atoms with E-state index in [1.165, 1.54) is 23.7 Å². The topological polar surface area (TPSA) is 81.2 Å². The Morgan fingerprint density at radius 2 is 1.96 bits per heavy atom. The highest BCUT2D eigenvalue weighted by molar-refractivity contribution is 9.10. The van der Waals surface area contributed by atoms with Gasteiger partial charge >= 0.3 is 0 Å². The zero-order valence-electron chi connectivity index (χ0n) is 15.4. The Balaban J connectivity index is 2.10. The number of methoxy groups -OCH3 is 2. The number of pyridine rings is 1. The van der Waals surface area contributed by atoms with Crippen LogP contribution >= 0.6 is 15.9 Å². The summed E-state index contributed by atoms with van der Waals surface area (Å²) in [5, 5.41) is 0. The average molecular weight is 452 g/mol. The summed E-state index contributed by atoms with van der Waals surface area (Å²) in [5.41, 5.74) is 0. The molecule has 1 aliphatic heterocycles. The third kappa shape index (κ3) is 5.37. The molecule has 8 nitrogen and oxygen atoms in total. The molecule has 2 rings (SSSR count). The first kappa shape index (κ1) is 21.5. The second-order valence-corrected chi connectivity index (χ2v) is 8.65. The molecule has 1 aromatic rings. The number of likely N-dealkylation sites (N-methyl/N-ethyl adjacent to an activating group) is 1. The third-order valence-electron chi connectivity index (χ3n) is 4.26. The Labute approximate surface area is 163 Å². The molecule has 0 aliphatic carbocycles. The number of hydrogen-bond acceptors (Lipinski definition) is 7. The van der Waals surface area contributed by atoms with E-state index in [2.05, 4.69) is 32.7 Å². The van der Waals surface area contributed by atoms with E-state index in [0.29, 0.717) is 30.6 Å². The van der Waals surface area contributed by atoms with E-state index in [4.69, 9.17) is 14.2 Å². The molecule has 0 saturated carbocycles. The van der Waals surface area contributed by atoms with Gasteiger partial charge in [-0.1, -0.05) is 6.92 Å². The zero-order valence-corrected chi connectivity index (χ0v) is 17.8. The zero-order chi connectivity index (χ0) is 19.2. The highest BCUT2D eigenvalue weighted by Gasteiger charge is 2.29. The van der Waals surface area contributed by atoms with E-state index in [1.54, 1.807) is 7.11 Å². The molecular weight excluding hydrogens is 426 g/mol. The molecule has 1 aromatic heterocycles. The van der Waals surface area contributed by atoms with Gasteiger partial charge in [-0.2, -0.15) is 4.31 Å². The SMILES string of the molecule is CCN1CCN(S(=O)(=O)c2cnc(OC(CCOC)OC)c(Br)c2)CC1. The molecule has 0 spiro atoms. The minimum absolute atomic E-state index is 0.146. The lowest BCUT2D eigenvalue weighted by atomic mass is 10.4. The molecule has 0 N–H and O–H groups in total. The van der Waals surface area contributed by atoms with Gasteiger partial charge in [0.2, 0.25) is 22.2 Å². The summed E-state index contributed by atoms with van der Waals surface area (Å²) in [5.74, 6) is 0.280. The predicted molar refractivity (Wildman–Crippen MR) is 101 cm³/mol. The fourth-order valence-corrected chi connectivity index (χ4v) is 4.62. The van der Waals surface area contributed by atoms with Crippen LogP contribution in [0.3, 0.4) is 0 Å². The molecule has 26 heavy (non-hydrogen) atoms. The number of nitrogens with zero attached hydrogens (tertiary/aromatic N) is 3. The van der Waals surface area contributed by atoms with Gasteiger partial charge in [0.15, 0.2) is 0 Å². The Kier molecular flexibility index (Phi) is 8.24. The summed E-state index contributed by atoms with van der Waals surface area (Å²) >= 11 is 3.34. The third-order valence-corrected chi connectivity index (χ3v) is 6.69. The summed E-state index contributed by atoms with van der Waals surface area (Å²) in [4.78, 5) is 6.53. The largest absolute Gasteiger partial charge is 0.447 e. The van der Waals surface area contributed by atoms with E-state index >= 15 is 0 Å². The van der Waals surface area contributed by atoms with Crippen molar-refractivity contribution in [2.75, 3.05) is 53.6 Å². The smallest absolute Gasteiger partial charge is 0.244 e. The van der Waals surface area contributed by atoms with Crippen LogP contribution in [0.5, 0.6) is 5.88 Å². The highest BCUT2D eigenvalue weighted by Crippen LogP contribution is 2.28. The molecule has 1 saturated heterocycles. The number of halogens is 1. The van der Waals surface area contributed by atoms with Crippen molar-refractivity contribution in [3.05, 3.63) is 16.7 Å².